The third-order valence-corrected chi connectivity index (χ3v) is 15.2. The van der Waals surface area contributed by atoms with E-state index in [4.69, 9.17) is 4.99 Å². The van der Waals surface area contributed by atoms with Gasteiger partial charge in [0.25, 0.3) is 0 Å². The Morgan fingerprint density at radius 1 is 0.806 bits per heavy atom. The maximum Gasteiger partial charge on any atom is 0.162 e. The van der Waals surface area contributed by atoms with Crippen LogP contribution in [-0.4, -0.2) is 87.0 Å². The molecule has 0 bridgehead atoms. The molecule has 320 valence electrons. The van der Waals surface area contributed by atoms with E-state index in [1.165, 1.54) is 22.6 Å². The number of aromatic nitrogens is 3. The predicted octanol–water partition coefficient (Wildman–Crippen LogP) is 9.17. The molecule has 4 aliphatic rings. The summed E-state index contributed by atoms with van der Waals surface area (Å²) in [6.45, 7) is 13.4. The number of phenols is 1. The average molecular weight is 854 g/mol. The lowest BCUT2D eigenvalue weighted by atomic mass is 9.69. The first-order chi connectivity index (χ1) is 29.9. The van der Waals surface area contributed by atoms with Crippen LogP contribution in [0.2, 0.25) is 0 Å². The first-order valence-electron chi connectivity index (χ1n) is 22.0. The van der Waals surface area contributed by atoms with Crippen molar-refractivity contribution in [1.29, 1.82) is 0 Å². The summed E-state index contributed by atoms with van der Waals surface area (Å²) < 4.78 is 32.3. The molecule has 0 spiro atoms. The number of nitrogens with zero attached hydrogens (tertiary/aromatic N) is 7. The highest BCUT2D eigenvalue weighted by Gasteiger charge is 2.37. The number of benzene rings is 4. The number of aliphatic imine (C=N–C) groups is 1. The maximum atomic E-state index is 16.2. The number of anilines is 2. The molecule has 4 aromatic carbocycles. The summed E-state index contributed by atoms with van der Waals surface area (Å²) in [4.78, 5) is 13.3. The van der Waals surface area contributed by atoms with Crippen molar-refractivity contribution in [3.05, 3.63) is 152 Å². The van der Waals surface area contributed by atoms with Crippen LogP contribution in [-0.2, 0) is 6.42 Å². The average Bonchev–Trinajstić information content (AvgIpc) is 3.76. The van der Waals surface area contributed by atoms with E-state index >= 15 is 4.39 Å². The number of phenolic OH excluding ortho intramolecular Hbond substituents is 1. The maximum absolute atomic E-state index is 16.2. The Morgan fingerprint density at radius 2 is 1.53 bits per heavy atom. The number of aromatic hydroxyl groups is 1. The number of piperazine rings is 1. The lowest BCUT2D eigenvalue weighted by molar-refractivity contribution is -0.0173. The largest absolute Gasteiger partial charge is 0.508 e. The number of aryl methyl sites for hydroxylation is 3. The Labute approximate surface area is 366 Å². The summed E-state index contributed by atoms with van der Waals surface area (Å²) in [7, 11) is 0. The molecule has 3 aliphatic heterocycles. The van der Waals surface area contributed by atoms with E-state index in [0.717, 1.165) is 100 Å². The minimum absolute atomic E-state index is 0.0509. The van der Waals surface area contributed by atoms with Gasteiger partial charge in [-0.15, -0.1) is 21.5 Å². The van der Waals surface area contributed by atoms with E-state index in [-0.39, 0.29) is 35.3 Å². The summed E-state index contributed by atoms with van der Waals surface area (Å²) in [5.41, 5.74) is 9.46. The molecular weight excluding hydrogens is 801 g/mol. The number of β-amino-alcohol motifs (C(OH)–C–C–N with tert-alkyl or cyclic N) is 1. The topological polar surface area (TPSA) is 93.2 Å². The standard InChI is InChI=1S/C50H53F2N7O2S/c1-30-32(3)62-49-45(30)47(53-31(2)48-55-54-33(4)59(48)49)35-7-13-39(14-8-35)57-21-19-50(61,20-22-57)29-56-23-25-58(26-24-56)44-18-10-37(28-43(44)52)46-41(34-5-11-38(51)12-6-34)16-9-36-27-40(60)15-17-42(36)46/h5-8,10-15,17-18,27-28,31,41,46,60-61H,9,16,19-26,29H2,1-4H3/t31-,41?,46?/m0/s1. The molecule has 2 fully saturated rings. The van der Waals surface area contributed by atoms with Crippen LogP contribution >= 0.6 is 11.3 Å². The van der Waals surface area contributed by atoms with E-state index in [1.54, 1.807) is 23.5 Å². The van der Waals surface area contributed by atoms with E-state index < -0.39 is 5.60 Å². The van der Waals surface area contributed by atoms with Crippen LogP contribution in [0.5, 0.6) is 5.75 Å². The molecule has 3 atom stereocenters. The molecule has 62 heavy (non-hydrogen) atoms. The van der Waals surface area contributed by atoms with Crippen molar-refractivity contribution in [2.75, 3.05) is 55.6 Å². The Hall–Kier alpha value is -5.43. The third-order valence-electron chi connectivity index (χ3n) is 14.0. The molecule has 2 saturated heterocycles. The van der Waals surface area contributed by atoms with Crippen LogP contribution in [0.25, 0.3) is 5.00 Å². The number of rotatable bonds is 7. The van der Waals surface area contributed by atoms with Crippen molar-refractivity contribution in [3.63, 3.8) is 0 Å². The zero-order valence-electron chi connectivity index (χ0n) is 35.8. The lowest BCUT2D eigenvalue weighted by Crippen LogP contribution is -2.55. The number of aliphatic hydroxyl groups is 1. The van der Waals surface area contributed by atoms with Gasteiger partial charge in [0.1, 0.15) is 34.3 Å². The predicted molar refractivity (Wildman–Crippen MR) is 243 cm³/mol. The molecule has 12 heteroatoms. The summed E-state index contributed by atoms with van der Waals surface area (Å²) in [6, 6.07) is 26.4. The van der Waals surface area contributed by atoms with E-state index in [9.17, 15) is 14.6 Å². The molecule has 10 rings (SSSR count). The van der Waals surface area contributed by atoms with Gasteiger partial charge in [0, 0.05) is 73.4 Å². The molecule has 0 saturated carbocycles. The van der Waals surface area contributed by atoms with Crippen LogP contribution in [0.1, 0.15) is 99.5 Å². The molecule has 6 aromatic rings. The van der Waals surface area contributed by atoms with Crippen LogP contribution in [0.3, 0.4) is 0 Å². The first kappa shape index (κ1) is 40.6. The van der Waals surface area contributed by atoms with Crippen molar-refractivity contribution in [1.82, 2.24) is 19.7 Å². The van der Waals surface area contributed by atoms with Gasteiger partial charge in [-0.05, 0) is 136 Å². The number of hydrogen-bond acceptors (Lipinski definition) is 9. The number of thiophene rings is 1. The summed E-state index contributed by atoms with van der Waals surface area (Å²) in [6.07, 6.45) is 2.95. The summed E-state index contributed by atoms with van der Waals surface area (Å²) in [5, 5.41) is 32.1. The molecule has 9 nitrogen and oxygen atoms in total. The first-order valence-corrected chi connectivity index (χ1v) is 22.8. The van der Waals surface area contributed by atoms with E-state index in [2.05, 4.69) is 74.5 Å². The van der Waals surface area contributed by atoms with Crippen molar-refractivity contribution in [3.8, 4) is 10.8 Å². The lowest BCUT2D eigenvalue weighted by Gasteiger charge is -2.44. The molecule has 0 radical (unpaired) electrons. The second-order valence-electron chi connectivity index (χ2n) is 17.8. The van der Waals surface area contributed by atoms with Gasteiger partial charge in [0.15, 0.2) is 5.82 Å². The van der Waals surface area contributed by atoms with Gasteiger partial charge < -0.3 is 20.0 Å². The number of halogens is 2. The summed E-state index contributed by atoms with van der Waals surface area (Å²) in [5.74, 6) is 1.36. The van der Waals surface area contributed by atoms with E-state index in [1.807, 2.05) is 43.3 Å². The number of hydrogen-bond donors (Lipinski definition) is 2. The monoisotopic (exact) mass is 853 g/mol. The van der Waals surface area contributed by atoms with Crippen molar-refractivity contribution < 1.29 is 19.0 Å². The van der Waals surface area contributed by atoms with Gasteiger partial charge >= 0.3 is 0 Å². The molecule has 0 amide bonds. The highest BCUT2D eigenvalue weighted by Crippen LogP contribution is 2.48. The molecule has 5 heterocycles. The second kappa shape index (κ2) is 16.0. The minimum atomic E-state index is -0.785. The fourth-order valence-electron chi connectivity index (χ4n) is 10.5. The SMILES string of the molecule is Cc1sc2c(c1C)C(c1ccc(N3CCC(O)(CN4CCN(c5ccc(C6c7ccc(O)cc7CCC6c6ccc(F)cc6)cc5F)CC4)CC3)cc1)=N[C@@H](C)c1nnc(C)n1-2. The normalized spacial score (nSPS) is 21.2. The molecule has 2 unspecified atom stereocenters. The van der Waals surface area contributed by atoms with Gasteiger partial charge in [0.2, 0.25) is 0 Å². The molecule has 2 N–H and O–H groups in total. The van der Waals surface area contributed by atoms with Crippen molar-refractivity contribution >= 4 is 28.4 Å². The van der Waals surface area contributed by atoms with Crippen LogP contribution in [0.15, 0.2) is 89.9 Å². The number of fused-ring (bicyclic) bond motifs is 4. The van der Waals surface area contributed by atoms with Crippen molar-refractivity contribution in [2.24, 2.45) is 4.99 Å². The Bertz CT molecular complexity index is 2660. The van der Waals surface area contributed by atoms with Gasteiger partial charge in [-0.25, -0.2) is 8.78 Å². The van der Waals surface area contributed by atoms with Gasteiger partial charge in [0.05, 0.1) is 17.0 Å². The zero-order chi connectivity index (χ0) is 42.9. The second-order valence-corrected chi connectivity index (χ2v) is 19.1. The Kier molecular flexibility index (Phi) is 10.5. The van der Waals surface area contributed by atoms with Crippen LogP contribution in [0.4, 0.5) is 20.2 Å². The van der Waals surface area contributed by atoms with E-state index in [0.29, 0.717) is 38.2 Å². The Balaban J connectivity index is 0.773. The summed E-state index contributed by atoms with van der Waals surface area (Å²) >= 11 is 1.77. The quantitative estimate of drug-likeness (QED) is 0.166. The fraction of sp³-hybridized carbons (Fsp3) is 0.380. The molecular formula is C50H53F2N7O2S. The van der Waals surface area contributed by atoms with Crippen molar-refractivity contribution in [2.45, 2.75) is 76.9 Å². The van der Waals surface area contributed by atoms with Gasteiger partial charge in [-0.2, -0.15) is 0 Å². The van der Waals surface area contributed by atoms with Gasteiger partial charge in [-0.1, -0.05) is 36.4 Å². The third kappa shape index (κ3) is 7.39. The van der Waals surface area contributed by atoms with Gasteiger partial charge in [-0.3, -0.25) is 14.5 Å². The minimum Gasteiger partial charge on any atom is -0.508 e. The highest BCUT2D eigenvalue weighted by atomic mass is 32.1. The highest BCUT2D eigenvalue weighted by molar-refractivity contribution is 7.15. The zero-order valence-corrected chi connectivity index (χ0v) is 36.6. The molecule has 2 aromatic heterocycles. The number of piperidine rings is 1. The fourth-order valence-corrected chi connectivity index (χ4v) is 11.7. The Morgan fingerprint density at radius 3 is 2.26 bits per heavy atom. The smallest absolute Gasteiger partial charge is 0.162 e. The molecule has 1 aliphatic carbocycles. The van der Waals surface area contributed by atoms with Crippen LogP contribution < -0.4 is 9.80 Å². The van der Waals surface area contributed by atoms with Crippen LogP contribution in [0, 0.1) is 32.4 Å².